The van der Waals surface area contributed by atoms with Crippen molar-refractivity contribution >= 4 is 12.4 Å². The summed E-state index contributed by atoms with van der Waals surface area (Å²) in [7, 11) is 0. The molecule has 0 aliphatic heterocycles. The standard InChI is InChI=1S/C13H21N.ClH/c1-4-10(3)13(14)12-8-6-11(5-2)7-9-12;/h6-10,13H,4-5,14H2,1-3H3;1H/t10?,13-;/m0./s1. The minimum absolute atomic E-state index is 0. The van der Waals surface area contributed by atoms with Gasteiger partial charge < -0.3 is 5.73 Å². The first kappa shape index (κ1) is 14.5. The highest BCUT2D eigenvalue weighted by atomic mass is 35.5. The molecule has 1 aromatic rings. The molecule has 1 aromatic carbocycles. The molecule has 0 saturated carbocycles. The predicted octanol–water partition coefficient (Wildman–Crippen LogP) is 3.72. The predicted molar refractivity (Wildman–Crippen MR) is 69.5 cm³/mol. The fourth-order valence-corrected chi connectivity index (χ4v) is 1.56. The third-order valence-corrected chi connectivity index (χ3v) is 3.03. The zero-order valence-corrected chi connectivity index (χ0v) is 10.7. The van der Waals surface area contributed by atoms with E-state index in [1.54, 1.807) is 0 Å². The van der Waals surface area contributed by atoms with Gasteiger partial charge in [0, 0.05) is 6.04 Å². The molecule has 1 nitrogen and oxygen atoms in total. The third kappa shape index (κ3) is 3.84. The first-order chi connectivity index (χ1) is 6.69. The smallest absolute Gasteiger partial charge is 0.0320 e. The minimum atomic E-state index is 0. The second-order valence-corrected chi connectivity index (χ2v) is 4.01. The average molecular weight is 228 g/mol. The summed E-state index contributed by atoms with van der Waals surface area (Å²) < 4.78 is 0. The van der Waals surface area contributed by atoms with Crippen LogP contribution < -0.4 is 5.73 Å². The van der Waals surface area contributed by atoms with Crippen molar-refractivity contribution in [2.75, 3.05) is 0 Å². The lowest BCUT2D eigenvalue weighted by Gasteiger charge is -2.18. The summed E-state index contributed by atoms with van der Waals surface area (Å²) in [5, 5.41) is 0. The number of halogens is 1. The van der Waals surface area contributed by atoms with Gasteiger partial charge in [0.1, 0.15) is 0 Å². The van der Waals surface area contributed by atoms with Crippen LogP contribution in [0.1, 0.15) is 44.4 Å². The quantitative estimate of drug-likeness (QED) is 0.834. The second-order valence-electron chi connectivity index (χ2n) is 4.01. The van der Waals surface area contributed by atoms with Crippen molar-refractivity contribution < 1.29 is 0 Å². The Kier molecular flexibility index (Phi) is 6.62. The van der Waals surface area contributed by atoms with Crippen LogP contribution in [0.25, 0.3) is 0 Å². The van der Waals surface area contributed by atoms with Crippen LogP contribution in [-0.4, -0.2) is 0 Å². The maximum Gasteiger partial charge on any atom is 0.0320 e. The van der Waals surface area contributed by atoms with Gasteiger partial charge in [-0.25, -0.2) is 0 Å². The van der Waals surface area contributed by atoms with E-state index in [1.807, 2.05) is 0 Å². The Bertz CT molecular complexity index is 268. The molecule has 86 valence electrons. The van der Waals surface area contributed by atoms with Crippen LogP contribution in [0.15, 0.2) is 24.3 Å². The first-order valence-corrected chi connectivity index (χ1v) is 5.53. The minimum Gasteiger partial charge on any atom is -0.324 e. The van der Waals surface area contributed by atoms with Gasteiger partial charge in [-0.05, 0) is 23.5 Å². The van der Waals surface area contributed by atoms with Gasteiger partial charge in [0.2, 0.25) is 0 Å². The third-order valence-electron chi connectivity index (χ3n) is 3.03. The zero-order valence-electron chi connectivity index (χ0n) is 9.86. The van der Waals surface area contributed by atoms with E-state index in [2.05, 4.69) is 45.0 Å². The monoisotopic (exact) mass is 227 g/mol. The van der Waals surface area contributed by atoms with Crippen LogP contribution >= 0.6 is 12.4 Å². The lowest BCUT2D eigenvalue weighted by Crippen LogP contribution is -2.18. The number of rotatable bonds is 4. The molecule has 0 aliphatic carbocycles. The van der Waals surface area contributed by atoms with E-state index in [0.717, 1.165) is 12.8 Å². The highest BCUT2D eigenvalue weighted by Gasteiger charge is 2.12. The fraction of sp³-hybridized carbons (Fsp3) is 0.538. The second kappa shape index (κ2) is 6.86. The Morgan fingerprint density at radius 2 is 1.67 bits per heavy atom. The molecule has 0 heterocycles. The number of nitrogens with two attached hydrogens (primary N) is 1. The molecule has 0 radical (unpaired) electrons. The van der Waals surface area contributed by atoms with Crippen LogP contribution in [-0.2, 0) is 6.42 Å². The number of aryl methyl sites for hydroxylation is 1. The van der Waals surface area contributed by atoms with E-state index in [0.29, 0.717) is 5.92 Å². The largest absolute Gasteiger partial charge is 0.324 e. The molecule has 0 saturated heterocycles. The molecule has 1 unspecified atom stereocenters. The molecule has 15 heavy (non-hydrogen) atoms. The first-order valence-electron chi connectivity index (χ1n) is 5.53. The van der Waals surface area contributed by atoms with E-state index in [-0.39, 0.29) is 18.4 Å². The van der Waals surface area contributed by atoms with Gasteiger partial charge in [-0.3, -0.25) is 0 Å². The fourth-order valence-electron chi connectivity index (χ4n) is 1.56. The van der Waals surface area contributed by atoms with Gasteiger partial charge in [0.25, 0.3) is 0 Å². The highest BCUT2D eigenvalue weighted by molar-refractivity contribution is 5.85. The molecule has 0 aromatic heterocycles. The Hall–Kier alpha value is -0.530. The molecule has 0 bridgehead atoms. The van der Waals surface area contributed by atoms with Crippen molar-refractivity contribution in [2.24, 2.45) is 11.7 Å². The Morgan fingerprint density at radius 1 is 1.13 bits per heavy atom. The van der Waals surface area contributed by atoms with Crippen LogP contribution in [0.5, 0.6) is 0 Å². The van der Waals surface area contributed by atoms with Gasteiger partial charge in [-0.1, -0.05) is 51.5 Å². The van der Waals surface area contributed by atoms with Crippen LogP contribution in [0.3, 0.4) is 0 Å². The topological polar surface area (TPSA) is 26.0 Å². The van der Waals surface area contributed by atoms with Crippen LogP contribution in [0, 0.1) is 5.92 Å². The van der Waals surface area contributed by atoms with Crippen LogP contribution in [0.2, 0.25) is 0 Å². The molecule has 0 spiro atoms. The Morgan fingerprint density at radius 3 is 2.07 bits per heavy atom. The molecule has 2 atom stereocenters. The molecule has 0 aliphatic rings. The van der Waals surface area contributed by atoms with Gasteiger partial charge in [0.15, 0.2) is 0 Å². The lowest BCUT2D eigenvalue weighted by atomic mass is 9.93. The average Bonchev–Trinajstić information content (AvgIpc) is 2.27. The molecular formula is C13H22ClN. The van der Waals surface area contributed by atoms with Gasteiger partial charge >= 0.3 is 0 Å². The summed E-state index contributed by atoms with van der Waals surface area (Å²) in [4.78, 5) is 0. The molecule has 1 rings (SSSR count). The van der Waals surface area contributed by atoms with Crippen molar-refractivity contribution in [2.45, 2.75) is 39.7 Å². The van der Waals surface area contributed by atoms with Crippen molar-refractivity contribution in [1.29, 1.82) is 0 Å². The normalized spacial score (nSPS) is 14.1. The number of hydrogen-bond acceptors (Lipinski definition) is 1. The van der Waals surface area contributed by atoms with Gasteiger partial charge in [-0.15, -0.1) is 12.4 Å². The number of hydrogen-bond donors (Lipinski definition) is 1. The van der Waals surface area contributed by atoms with E-state index < -0.39 is 0 Å². The summed E-state index contributed by atoms with van der Waals surface area (Å²) in [5.74, 6) is 0.558. The summed E-state index contributed by atoms with van der Waals surface area (Å²) in [6.07, 6.45) is 2.23. The maximum atomic E-state index is 6.14. The summed E-state index contributed by atoms with van der Waals surface area (Å²) >= 11 is 0. The molecule has 2 N–H and O–H groups in total. The highest BCUT2D eigenvalue weighted by Crippen LogP contribution is 2.21. The number of benzene rings is 1. The van der Waals surface area contributed by atoms with E-state index in [4.69, 9.17) is 5.73 Å². The molecule has 2 heteroatoms. The van der Waals surface area contributed by atoms with E-state index >= 15 is 0 Å². The Balaban J connectivity index is 0.00000196. The Labute approximate surface area is 99.5 Å². The zero-order chi connectivity index (χ0) is 10.6. The van der Waals surface area contributed by atoms with E-state index in [9.17, 15) is 0 Å². The summed E-state index contributed by atoms with van der Waals surface area (Å²) in [5.41, 5.74) is 8.78. The van der Waals surface area contributed by atoms with Crippen molar-refractivity contribution in [3.63, 3.8) is 0 Å². The van der Waals surface area contributed by atoms with Crippen molar-refractivity contribution in [1.82, 2.24) is 0 Å². The van der Waals surface area contributed by atoms with Crippen molar-refractivity contribution in [3.8, 4) is 0 Å². The lowest BCUT2D eigenvalue weighted by molar-refractivity contribution is 0.457. The maximum absolute atomic E-state index is 6.14. The summed E-state index contributed by atoms with van der Waals surface area (Å²) in [6, 6.07) is 8.87. The molecule has 0 amide bonds. The van der Waals surface area contributed by atoms with Gasteiger partial charge in [0.05, 0.1) is 0 Å². The van der Waals surface area contributed by atoms with Crippen molar-refractivity contribution in [3.05, 3.63) is 35.4 Å². The molecular weight excluding hydrogens is 206 g/mol. The van der Waals surface area contributed by atoms with Gasteiger partial charge in [-0.2, -0.15) is 0 Å². The van der Waals surface area contributed by atoms with Crippen LogP contribution in [0.4, 0.5) is 0 Å². The summed E-state index contributed by atoms with van der Waals surface area (Å²) in [6.45, 7) is 6.56. The SMILES string of the molecule is CCc1ccc([C@@H](N)C(C)CC)cc1.Cl. The molecule has 0 fully saturated rings. The van der Waals surface area contributed by atoms with E-state index in [1.165, 1.54) is 11.1 Å².